The van der Waals surface area contributed by atoms with E-state index < -0.39 is 0 Å². The van der Waals surface area contributed by atoms with Crippen molar-refractivity contribution < 1.29 is 14.4 Å². The Morgan fingerprint density at radius 1 is 1.08 bits per heavy atom. The Morgan fingerprint density at radius 3 is 2.44 bits per heavy atom. The van der Waals surface area contributed by atoms with Crippen molar-refractivity contribution in [1.82, 2.24) is 9.80 Å². The van der Waals surface area contributed by atoms with Crippen molar-refractivity contribution in [2.75, 3.05) is 13.1 Å². The van der Waals surface area contributed by atoms with E-state index in [0.29, 0.717) is 0 Å². The highest BCUT2D eigenvalue weighted by Crippen LogP contribution is 2.38. The van der Waals surface area contributed by atoms with Crippen LogP contribution >= 0.6 is 11.3 Å². The lowest BCUT2D eigenvalue weighted by Crippen LogP contribution is -2.37. The van der Waals surface area contributed by atoms with Gasteiger partial charge in [-0.3, -0.25) is 19.3 Å². The summed E-state index contributed by atoms with van der Waals surface area (Å²) in [5.74, 6) is -0.271. The Bertz CT molecular complexity index is 648. The molecule has 134 valence electrons. The van der Waals surface area contributed by atoms with Gasteiger partial charge in [-0.25, -0.2) is 0 Å². The zero-order valence-corrected chi connectivity index (χ0v) is 15.2. The minimum atomic E-state index is -0.123. The smallest absolute Gasteiger partial charge is 0.233 e. The highest BCUT2D eigenvalue weighted by molar-refractivity contribution is 7.10. The summed E-state index contributed by atoms with van der Waals surface area (Å²) in [5, 5.41) is 2.04. The van der Waals surface area contributed by atoms with Gasteiger partial charge in [-0.15, -0.1) is 11.3 Å². The third-order valence-electron chi connectivity index (χ3n) is 5.93. The highest BCUT2D eigenvalue weighted by Gasteiger charge is 2.48. The molecule has 1 aromatic rings. The summed E-state index contributed by atoms with van der Waals surface area (Å²) in [5.41, 5.74) is 0. The molecule has 1 saturated carbocycles. The van der Waals surface area contributed by atoms with Crippen LogP contribution in [-0.4, -0.2) is 40.6 Å². The van der Waals surface area contributed by atoms with Gasteiger partial charge in [-0.1, -0.05) is 18.9 Å². The Kier molecular flexibility index (Phi) is 4.63. The summed E-state index contributed by atoms with van der Waals surface area (Å²) in [6.07, 6.45) is 5.97. The van der Waals surface area contributed by atoms with Crippen LogP contribution < -0.4 is 0 Å². The second-order valence-corrected chi connectivity index (χ2v) is 8.32. The Hall–Kier alpha value is -1.69. The maximum atomic E-state index is 12.7. The van der Waals surface area contributed by atoms with Gasteiger partial charge in [-0.2, -0.15) is 0 Å². The van der Waals surface area contributed by atoms with E-state index in [2.05, 4.69) is 6.07 Å². The lowest BCUT2D eigenvalue weighted by Gasteiger charge is -2.25. The number of hydrogen-bond donors (Lipinski definition) is 0. The number of carbonyl (C=O) groups is 3. The molecular formula is C19H24N2O3S. The van der Waals surface area contributed by atoms with E-state index in [4.69, 9.17) is 0 Å². The number of likely N-dealkylation sites (tertiary alicyclic amines) is 2. The van der Waals surface area contributed by atoms with Crippen LogP contribution in [-0.2, 0) is 14.4 Å². The maximum Gasteiger partial charge on any atom is 0.233 e. The minimum absolute atomic E-state index is 0.0428. The van der Waals surface area contributed by atoms with Gasteiger partial charge >= 0.3 is 0 Å². The fourth-order valence-electron chi connectivity index (χ4n) is 4.64. The third kappa shape index (κ3) is 3.01. The first kappa shape index (κ1) is 16.8. The molecule has 4 rings (SSSR count). The zero-order valence-electron chi connectivity index (χ0n) is 14.4. The summed E-state index contributed by atoms with van der Waals surface area (Å²) in [6, 6.07) is 4.27. The molecular weight excluding hydrogens is 336 g/mol. The van der Waals surface area contributed by atoms with Crippen LogP contribution in [0.15, 0.2) is 17.5 Å². The second-order valence-electron chi connectivity index (χ2n) is 7.34. The molecule has 0 spiro atoms. The summed E-state index contributed by atoms with van der Waals surface area (Å²) >= 11 is 1.69. The van der Waals surface area contributed by atoms with E-state index >= 15 is 0 Å². The van der Waals surface area contributed by atoms with Crippen molar-refractivity contribution >= 4 is 29.1 Å². The lowest BCUT2D eigenvalue weighted by molar-refractivity contribution is -0.141. The van der Waals surface area contributed by atoms with Crippen LogP contribution in [0.5, 0.6) is 0 Å². The van der Waals surface area contributed by atoms with Gasteiger partial charge < -0.3 is 4.90 Å². The molecule has 0 aromatic carbocycles. The molecule has 3 aliphatic rings. The van der Waals surface area contributed by atoms with Crippen LogP contribution in [0.2, 0.25) is 0 Å². The number of hydrogen-bond acceptors (Lipinski definition) is 4. The molecule has 5 nitrogen and oxygen atoms in total. The molecule has 1 aromatic heterocycles. The van der Waals surface area contributed by atoms with Gasteiger partial charge in [0.15, 0.2) is 0 Å². The molecule has 3 amide bonds. The monoisotopic (exact) mass is 360 g/mol. The summed E-state index contributed by atoms with van der Waals surface area (Å²) in [7, 11) is 0. The topological polar surface area (TPSA) is 57.7 Å². The molecule has 1 aliphatic carbocycles. The van der Waals surface area contributed by atoms with Gasteiger partial charge in [-0.05, 0) is 37.1 Å². The lowest BCUT2D eigenvalue weighted by atomic mass is 9.81. The maximum absolute atomic E-state index is 12.7. The molecule has 0 bridgehead atoms. The van der Waals surface area contributed by atoms with Crippen LogP contribution in [0.1, 0.15) is 55.9 Å². The first-order chi connectivity index (χ1) is 12.2. The van der Waals surface area contributed by atoms with Gasteiger partial charge in [0.1, 0.15) is 0 Å². The van der Waals surface area contributed by atoms with Gasteiger partial charge in [0.05, 0.1) is 17.9 Å². The number of rotatable bonds is 4. The van der Waals surface area contributed by atoms with E-state index in [9.17, 15) is 14.4 Å². The van der Waals surface area contributed by atoms with Gasteiger partial charge in [0, 0.05) is 24.4 Å². The van der Waals surface area contributed by atoms with Crippen LogP contribution in [0.3, 0.4) is 0 Å². The largest absolute Gasteiger partial charge is 0.335 e. The van der Waals surface area contributed by atoms with E-state index in [1.807, 2.05) is 16.3 Å². The molecule has 3 heterocycles. The minimum Gasteiger partial charge on any atom is -0.335 e. The van der Waals surface area contributed by atoms with Crippen molar-refractivity contribution in [3.63, 3.8) is 0 Å². The Morgan fingerprint density at radius 2 is 1.80 bits per heavy atom. The molecule has 0 N–H and O–H groups in total. The van der Waals surface area contributed by atoms with Crippen molar-refractivity contribution in [3.8, 4) is 0 Å². The molecule has 3 fully saturated rings. The molecule has 0 radical (unpaired) electrons. The number of carbonyl (C=O) groups excluding carboxylic acids is 3. The average Bonchev–Trinajstić information content (AvgIpc) is 3.35. The molecule has 2 saturated heterocycles. The predicted octanol–water partition coefficient (Wildman–Crippen LogP) is 2.98. The van der Waals surface area contributed by atoms with Crippen LogP contribution in [0.25, 0.3) is 0 Å². The SMILES string of the molecule is O=C1C2CCCCC2C(=O)N1CCC(=O)N1CCCC1c1cccs1. The van der Waals surface area contributed by atoms with Crippen molar-refractivity contribution in [1.29, 1.82) is 0 Å². The standard InChI is InChI=1S/C19H24N2O3S/c22-17(20-10-3-7-15(20)16-8-4-12-25-16)9-11-21-18(23)13-5-1-2-6-14(13)19(21)24/h4,8,12-15H,1-3,5-7,9-11H2. The molecule has 3 unspecified atom stereocenters. The zero-order chi connectivity index (χ0) is 17.4. The molecule has 25 heavy (non-hydrogen) atoms. The van der Waals surface area contributed by atoms with Crippen molar-refractivity contribution in [2.45, 2.75) is 51.0 Å². The first-order valence-electron chi connectivity index (χ1n) is 9.35. The fourth-order valence-corrected chi connectivity index (χ4v) is 5.52. The number of amides is 3. The number of nitrogens with zero attached hydrogens (tertiary/aromatic N) is 2. The van der Waals surface area contributed by atoms with E-state index in [0.717, 1.165) is 45.1 Å². The number of imide groups is 1. The summed E-state index contributed by atoms with van der Waals surface area (Å²) in [6.45, 7) is 1.02. The van der Waals surface area contributed by atoms with Crippen molar-refractivity contribution in [2.24, 2.45) is 11.8 Å². The van der Waals surface area contributed by atoms with Crippen LogP contribution in [0.4, 0.5) is 0 Å². The Balaban J connectivity index is 1.38. The van der Waals surface area contributed by atoms with E-state index in [1.54, 1.807) is 11.3 Å². The van der Waals surface area contributed by atoms with Crippen LogP contribution in [0, 0.1) is 11.8 Å². The predicted molar refractivity (Wildman–Crippen MR) is 94.8 cm³/mol. The molecule has 6 heteroatoms. The fraction of sp³-hybridized carbons (Fsp3) is 0.632. The quantitative estimate of drug-likeness (QED) is 0.776. The summed E-state index contributed by atoms with van der Waals surface area (Å²) < 4.78 is 0. The number of thiophene rings is 1. The van der Waals surface area contributed by atoms with E-state index in [1.165, 1.54) is 9.78 Å². The Labute approximate surface area is 152 Å². The first-order valence-corrected chi connectivity index (χ1v) is 10.2. The van der Waals surface area contributed by atoms with Gasteiger partial charge in [0.2, 0.25) is 17.7 Å². The van der Waals surface area contributed by atoms with Crippen molar-refractivity contribution in [3.05, 3.63) is 22.4 Å². The van der Waals surface area contributed by atoms with Gasteiger partial charge in [0.25, 0.3) is 0 Å². The second kappa shape index (κ2) is 6.90. The average molecular weight is 360 g/mol. The third-order valence-corrected chi connectivity index (χ3v) is 6.90. The normalized spacial score (nSPS) is 29.4. The van der Waals surface area contributed by atoms with E-state index in [-0.39, 0.29) is 48.6 Å². The number of fused-ring (bicyclic) bond motifs is 1. The highest BCUT2D eigenvalue weighted by atomic mass is 32.1. The summed E-state index contributed by atoms with van der Waals surface area (Å²) in [4.78, 5) is 42.3. The molecule has 3 atom stereocenters. The molecule has 2 aliphatic heterocycles.